The molecule has 0 bridgehead atoms. The van der Waals surface area contributed by atoms with E-state index in [1.807, 2.05) is 24.3 Å². The summed E-state index contributed by atoms with van der Waals surface area (Å²) in [6.07, 6.45) is -0.685. The van der Waals surface area contributed by atoms with Gasteiger partial charge in [0, 0.05) is 16.1 Å². The maximum atomic E-state index is 9.88. The molecule has 0 aliphatic heterocycles. The molecule has 0 aliphatic carbocycles. The zero-order chi connectivity index (χ0) is 11.0. The van der Waals surface area contributed by atoms with Gasteiger partial charge in [0.2, 0.25) is 0 Å². The molecule has 4 heteroatoms. The number of hydrogen-bond donors (Lipinski definition) is 2. The minimum atomic E-state index is -0.685. The molecule has 0 radical (unpaired) electrons. The number of hydrogen-bond acceptors (Lipinski definition) is 3. The van der Waals surface area contributed by atoms with Crippen molar-refractivity contribution < 1.29 is 5.11 Å². The van der Waals surface area contributed by atoms with Crippen molar-refractivity contribution in [2.24, 2.45) is 5.73 Å². The van der Waals surface area contributed by atoms with Gasteiger partial charge < -0.3 is 10.8 Å². The predicted octanol–water partition coefficient (Wildman–Crippen LogP) is 2.94. The van der Waals surface area contributed by atoms with E-state index in [0.717, 1.165) is 15.0 Å². The summed E-state index contributed by atoms with van der Waals surface area (Å²) < 4.78 is 1.08. The van der Waals surface area contributed by atoms with Gasteiger partial charge >= 0.3 is 0 Å². The zero-order valence-electron chi connectivity index (χ0n) is 8.27. The van der Waals surface area contributed by atoms with Crippen molar-refractivity contribution in [3.05, 3.63) is 34.2 Å². The highest BCUT2D eigenvalue weighted by Crippen LogP contribution is 2.39. The molecular formula is C11H12ClNOS. The van der Waals surface area contributed by atoms with Crippen LogP contribution in [-0.2, 0) is 0 Å². The van der Waals surface area contributed by atoms with Crippen LogP contribution in [-0.4, -0.2) is 11.1 Å². The molecular weight excluding hydrogens is 230 g/mol. The lowest BCUT2D eigenvalue weighted by Gasteiger charge is -2.12. The number of rotatable bonds is 2. The van der Waals surface area contributed by atoms with Gasteiger partial charge in [0.05, 0.1) is 9.90 Å². The third kappa shape index (κ3) is 1.88. The van der Waals surface area contributed by atoms with Crippen molar-refractivity contribution in [1.29, 1.82) is 0 Å². The van der Waals surface area contributed by atoms with E-state index in [1.54, 1.807) is 6.92 Å². The van der Waals surface area contributed by atoms with Crippen LogP contribution in [0.5, 0.6) is 0 Å². The summed E-state index contributed by atoms with van der Waals surface area (Å²) in [6.45, 7) is 1.77. The Balaban J connectivity index is 2.58. The maximum absolute atomic E-state index is 9.88. The summed E-state index contributed by atoms with van der Waals surface area (Å²) in [5.74, 6) is 0. The normalized spacial score (nSPS) is 15.5. The highest BCUT2D eigenvalue weighted by Gasteiger charge is 2.20. The second kappa shape index (κ2) is 4.10. The first-order valence-electron chi connectivity index (χ1n) is 4.72. The molecule has 1 heterocycles. The van der Waals surface area contributed by atoms with Crippen LogP contribution in [0.1, 0.15) is 17.9 Å². The molecule has 2 nitrogen and oxygen atoms in total. The van der Waals surface area contributed by atoms with Crippen LogP contribution >= 0.6 is 22.9 Å². The maximum Gasteiger partial charge on any atom is 0.104 e. The van der Waals surface area contributed by atoms with E-state index in [-0.39, 0.29) is 6.04 Å². The first-order chi connectivity index (χ1) is 7.11. The number of aliphatic hydroxyl groups is 1. The van der Waals surface area contributed by atoms with Gasteiger partial charge in [-0.2, -0.15) is 0 Å². The van der Waals surface area contributed by atoms with Crippen molar-refractivity contribution in [1.82, 2.24) is 0 Å². The minimum absolute atomic E-state index is 0.310. The van der Waals surface area contributed by atoms with Crippen molar-refractivity contribution >= 4 is 33.0 Å². The van der Waals surface area contributed by atoms with Gasteiger partial charge in [-0.15, -0.1) is 11.3 Å². The Bertz CT molecular complexity index is 480. The molecule has 1 aromatic heterocycles. The van der Waals surface area contributed by atoms with Gasteiger partial charge in [-0.1, -0.05) is 29.8 Å². The van der Waals surface area contributed by atoms with Crippen LogP contribution in [0, 0.1) is 0 Å². The van der Waals surface area contributed by atoms with Gasteiger partial charge in [0.1, 0.15) is 6.10 Å². The van der Waals surface area contributed by atoms with E-state index in [2.05, 4.69) is 0 Å². The highest BCUT2D eigenvalue weighted by molar-refractivity contribution is 7.19. The largest absolute Gasteiger partial charge is 0.386 e. The summed E-state index contributed by atoms with van der Waals surface area (Å²) in [4.78, 5) is 0.757. The van der Waals surface area contributed by atoms with Gasteiger partial charge in [0.15, 0.2) is 0 Å². The van der Waals surface area contributed by atoms with Gasteiger partial charge in [-0.05, 0) is 13.0 Å². The molecule has 0 aliphatic rings. The Labute approximate surface area is 97.3 Å². The monoisotopic (exact) mass is 241 g/mol. The van der Waals surface area contributed by atoms with Gasteiger partial charge in [0.25, 0.3) is 0 Å². The number of halogens is 1. The molecule has 3 N–H and O–H groups in total. The molecule has 2 aromatic rings. The fraction of sp³-hybridized carbons (Fsp3) is 0.273. The van der Waals surface area contributed by atoms with Gasteiger partial charge in [-0.25, -0.2) is 0 Å². The summed E-state index contributed by atoms with van der Waals surface area (Å²) in [5.41, 5.74) is 5.66. The van der Waals surface area contributed by atoms with E-state index < -0.39 is 6.10 Å². The summed E-state index contributed by atoms with van der Waals surface area (Å²) >= 11 is 7.69. The minimum Gasteiger partial charge on any atom is -0.386 e. The van der Waals surface area contributed by atoms with Crippen molar-refractivity contribution in [2.75, 3.05) is 0 Å². The SMILES string of the molecule is CC(N)C(O)c1sc2ccccc2c1Cl. The smallest absolute Gasteiger partial charge is 0.104 e. The fourth-order valence-corrected chi connectivity index (χ4v) is 3.11. The molecule has 0 saturated carbocycles. The summed E-state index contributed by atoms with van der Waals surface area (Å²) in [6, 6.07) is 7.52. The van der Waals surface area contributed by atoms with Crippen LogP contribution in [0.4, 0.5) is 0 Å². The molecule has 0 saturated heterocycles. The van der Waals surface area contributed by atoms with Crippen LogP contribution in [0.3, 0.4) is 0 Å². The summed E-state index contributed by atoms with van der Waals surface area (Å²) in [5, 5.41) is 11.5. The number of nitrogens with two attached hydrogens (primary N) is 1. The van der Waals surface area contributed by atoms with Gasteiger partial charge in [-0.3, -0.25) is 0 Å². The highest BCUT2D eigenvalue weighted by atomic mass is 35.5. The molecule has 0 fully saturated rings. The zero-order valence-corrected chi connectivity index (χ0v) is 9.85. The quantitative estimate of drug-likeness (QED) is 0.849. The number of thiophene rings is 1. The topological polar surface area (TPSA) is 46.2 Å². The molecule has 15 heavy (non-hydrogen) atoms. The number of benzene rings is 1. The van der Waals surface area contributed by atoms with Crippen LogP contribution < -0.4 is 5.73 Å². The van der Waals surface area contributed by atoms with Crippen LogP contribution in [0.15, 0.2) is 24.3 Å². The third-order valence-electron chi connectivity index (χ3n) is 2.33. The van der Waals surface area contributed by atoms with E-state index in [4.69, 9.17) is 17.3 Å². The molecule has 80 valence electrons. The van der Waals surface area contributed by atoms with E-state index >= 15 is 0 Å². The van der Waals surface area contributed by atoms with Crippen molar-refractivity contribution in [3.8, 4) is 0 Å². The molecule has 0 amide bonds. The third-order valence-corrected chi connectivity index (χ3v) is 4.09. The lowest BCUT2D eigenvalue weighted by atomic mass is 10.1. The van der Waals surface area contributed by atoms with E-state index in [9.17, 15) is 5.11 Å². The number of aliphatic hydroxyl groups excluding tert-OH is 1. The summed E-state index contributed by atoms with van der Waals surface area (Å²) in [7, 11) is 0. The predicted molar refractivity (Wildman–Crippen MR) is 65.4 cm³/mol. The standard InChI is InChI=1S/C11H12ClNOS/c1-6(13)10(14)11-9(12)7-4-2-3-5-8(7)15-11/h2-6,10,14H,13H2,1H3. The average Bonchev–Trinajstić information content (AvgIpc) is 2.56. The molecule has 2 atom stereocenters. The Morgan fingerprint density at radius 3 is 2.67 bits per heavy atom. The second-order valence-corrected chi connectivity index (χ2v) is 5.04. The molecule has 2 rings (SSSR count). The molecule has 2 unspecified atom stereocenters. The molecule has 0 spiro atoms. The van der Waals surface area contributed by atoms with E-state index in [0.29, 0.717) is 5.02 Å². The Kier molecular flexibility index (Phi) is 2.98. The Morgan fingerprint density at radius 2 is 2.07 bits per heavy atom. The van der Waals surface area contributed by atoms with Crippen molar-refractivity contribution in [2.45, 2.75) is 19.1 Å². The first kappa shape index (κ1) is 10.9. The van der Waals surface area contributed by atoms with Crippen LogP contribution in [0.2, 0.25) is 5.02 Å². The fourth-order valence-electron chi connectivity index (χ4n) is 1.46. The van der Waals surface area contributed by atoms with Crippen molar-refractivity contribution in [3.63, 3.8) is 0 Å². The van der Waals surface area contributed by atoms with E-state index in [1.165, 1.54) is 11.3 Å². The lowest BCUT2D eigenvalue weighted by molar-refractivity contribution is 0.157. The lowest BCUT2D eigenvalue weighted by Crippen LogP contribution is -2.23. The number of fused-ring (bicyclic) bond motifs is 1. The first-order valence-corrected chi connectivity index (χ1v) is 5.91. The Hall–Kier alpha value is -0.610. The van der Waals surface area contributed by atoms with Crippen LogP contribution in [0.25, 0.3) is 10.1 Å². The molecule has 1 aromatic carbocycles. The Morgan fingerprint density at radius 1 is 1.40 bits per heavy atom. The second-order valence-electron chi connectivity index (χ2n) is 3.58. The average molecular weight is 242 g/mol.